The highest BCUT2D eigenvalue weighted by molar-refractivity contribution is 7.92. The highest BCUT2D eigenvalue weighted by Crippen LogP contribution is 2.37. The molecule has 0 saturated carbocycles. The van der Waals surface area contributed by atoms with Gasteiger partial charge in [-0.05, 0) is 58.1 Å². The molecule has 1 aromatic rings. The number of nitrogens with one attached hydrogen (secondary N) is 1. The number of anilines is 1. The molecule has 1 amide bonds. The molecule has 1 aliphatic heterocycles. The molecule has 0 bridgehead atoms. The minimum atomic E-state index is -4.75. The Labute approximate surface area is 167 Å². The molecule has 6 nitrogen and oxygen atoms in total. The topological polar surface area (TPSA) is 69.7 Å². The lowest BCUT2D eigenvalue weighted by Crippen LogP contribution is -2.52. The standard InChI is InChI=1S/C17H23ClF3N3O3S/c1-11(16(25)22-12-6-8-23(2)9-7-12)24(28(3,26)27)13-4-5-15(18)14(10-13)17(19,20)21/h4-5,10-12H,6-9H2,1-3H3,(H,22,25). The summed E-state index contributed by atoms with van der Waals surface area (Å²) in [4.78, 5) is 14.7. The summed E-state index contributed by atoms with van der Waals surface area (Å²) < 4.78 is 64.7. The Morgan fingerprint density at radius 3 is 2.39 bits per heavy atom. The van der Waals surface area contributed by atoms with Crippen LogP contribution in [0.5, 0.6) is 0 Å². The maximum atomic E-state index is 13.2. The van der Waals surface area contributed by atoms with Crippen molar-refractivity contribution in [1.29, 1.82) is 0 Å². The average molecular weight is 442 g/mol. The van der Waals surface area contributed by atoms with Gasteiger partial charge in [-0.15, -0.1) is 0 Å². The van der Waals surface area contributed by atoms with Crippen molar-refractivity contribution in [2.24, 2.45) is 0 Å². The Morgan fingerprint density at radius 1 is 1.32 bits per heavy atom. The van der Waals surface area contributed by atoms with E-state index in [-0.39, 0.29) is 11.7 Å². The third-order valence-corrected chi connectivity index (χ3v) is 6.23. The molecule has 1 heterocycles. The van der Waals surface area contributed by atoms with E-state index in [2.05, 4.69) is 10.2 Å². The zero-order valence-corrected chi connectivity index (χ0v) is 17.3. The van der Waals surface area contributed by atoms with Gasteiger partial charge < -0.3 is 10.2 Å². The van der Waals surface area contributed by atoms with E-state index in [9.17, 15) is 26.4 Å². The summed E-state index contributed by atoms with van der Waals surface area (Å²) in [7, 11) is -2.07. The summed E-state index contributed by atoms with van der Waals surface area (Å²) in [5, 5.41) is 2.25. The normalized spacial score (nSPS) is 18.0. The Balaban J connectivity index is 2.30. The fraction of sp³-hybridized carbons (Fsp3) is 0.588. The summed E-state index contributed by atoms with van der Waals surface area (Å²) in [5.74, 6) is -0.566. The molecule has 1 atom stereocenters. The van der Waals surface area contributed by atoms with Crippen LogP contribution in [0.1, 0.15) is 25.3 Å². The number of nitrogens with zero attached hydrogens (tertiary/aromatic N) is 2. The van der Waals surface area contributed by atoms with E-state index >= 15 is 0 Å². The third kappa shape index (κ3) is 5.51. The smallest absolute Gasteiger partial charge is 0.351 e. The monoisotopic (exact) mass is 441 g/mol. The van der Waals surface area contributed by atoms with Crippen LogP contribution in [0.4, 0.5) is 18.9 Å². The number of sulfonamides is 1. The highest BCUT2D eigenvalue weighted by atomic mass is 35.5. The predicted octanol–water partition coefficient (Wildman–Crippen LogP) is 2.72. The van der Waals surface area contributed by atoms with Crippen molar-refractivity contribution in [2.45, 2.75) is 38.0 Å². The van der Waals surface area contributed by atoms with Crippen molar-refractivity contribution in [3.63, 3.8) is 0 Å². The maximum Gasteiger partial charge on any atom is 0.417 e. The molecular formula is C17H23ClF3N3O3S. The van der Waals surface area contributed by atoms with Crippen molar-refractivity contribution < 1.29 is 26.4 Å². The molecule has 1 aliphatic rings. The zero-order valence-electron chi connectivity index (χ0n) is 15.8. The van der Waals surface area contributed by atoms with Gasteiger partial charge in [0.2, 0.25) is 15.9 Å². The quantitative estimate of drug-likeness (QED) is 0.762. The third-order valence-electron chi connectivity index (χ3n) is 4.66. The molecule has 0 aliphatic carbocycles. The van der Waals surface area contributed by atoms with Crippen LogP contribution in [0.2, 0.25) is 5.02 Å². The number of alkyl halides is 3. The fourth-order valence-corrected chi connectivity index (χ4v) is 4.54. The first kappa shape index (κ1) is 22.8. The van der Waals surface area contributed by atoms with Gasteiger partial charge in [0.05, 0.1) is 22.5 Å². The van der Waals surface area contributed by atoms with Crippen LogP contribution in [0.3, 0.4) is 0 Å². The van der Waals surface area contributed by atoms with Gasteiger partial charge in [-0.25, -0.2) is 8.42 Å². The molecule has 1 N–H and O–H groups in total. The largest absolute Gasteiger partial charge is 0.417 e. The van der Waals surface area contributed by atoms with E-state index in [0.29, 0.717) is 23.2 Å². The van der Waals surface area contributed by atoms with Crippen LogP contribution < -0.4 is 9.62 Å². The fourth-order valence-electron chi connectivity index (χ4n) is 3.15. The van der Waals surface area contributed by atoms with E-state index in [4.69, 9.17) is 11.6 Å². The second-order valence-electron chi connectivity index (χ2n) is 6.98. The van der Waals surface area contributed by atoms with Gasteiger partial charge in [0.15, 0.2) is 0 Å². The summed E-state index contributed by atoms with van der Waals surface area (Å²) in [6.45, 7) is 2.93. The number of piperidine rings is 1. The second kappa shape index (κ2) is 8.46. The number of hydrogen-bond acceptors (Lipinski definition) is 4. The molecule has 1 fully saturated rings. The van der Waals surface area contributed by atoms with Crippen LogP contribution >= 0.6 is 11.6 Å². The van der Waals surface area contributed by atoms with E-state index in [1.54, 1.807) is 0 Å². The SMILES string of the molecule is CC(C(=O)NC1CCN(C)CC1)N(c1ccc(Cl)c(C(F)(F)F)c1)S(C)(=O)=O. The molecule has 0 radical (unpaired) electrons. The highest BCUT2D eigenvalue weighted by Gasteiger charge is 2.36. The van der Waals surface area contributed by atoms with Crippen molar-refractivity contribution in [2.75, 3.05) is 30.7 Å². The molecule has 1 saturated heterocycles. The van der Waals surface area contributed by atoms with E-state index in [1.807, 2.05) is 7.05 Å². The number of halogens is 4. The number of likely N-dealkylation sites (tertiary alicyclic amines) is 1. The van der Waals surface area contributed by atoms with E-state index in [1.165, 1.54) is 6.92 Å². The summed E-state index contributed by atoms with van der Waals surface area (Å²) in [5.41, 5.74) is -1.44. The van der Waals surface area contributed by atoms with Gasteiger partial charge in [0, 0.05) is 6.04 Å². The first-order valence-electron chi connectivity index (χ1n) is 8.65. The van der Waals surface area contributed by atoms with E-state index in [0.717, 1.165) is 31.5 Å². The molecule has 0 spiro atoms. The van der Waals surface area contributed by atoms with Crippen LogP contribution in [-0.4, -0.2) is 57.7 Å². The Kier molecular flexibility index (Phi) is 6.88. The Bertz CT molecular complexity index is 825. The predicted molar refractivity (Wildman–Crippen MR) is 102 cm³/mol. The number of carbonyl (C=O) groups excluding carboxylic acids is 1. The first-order valence-corrected chi connectivity index (χ1v) is 10.9. The first-order chi connectivity index (χ1) is 12.8. The summed E-state index contributed by atoms with van der Waals surface area (Å²) >= 11 is 5.61. The minimum absolute atomic E-state index is 0.108. The molecule has 1 aromatic carbocycles. The van der Waals surface area contributed by atoms with Gasteiger partial charge >= 0.3 is 6.18 Å². The zero-order chi connectivity index (χ0) is 21.3. The lowest BCUT2D eigenvalue weighted by Gasteiger charge is -2.33. The van der Waals surface area contributed by atoms with Crippen LogP contribution in [0.25, 0.3) is 0 Å². The second-order valence-corrected chi connectivity index (χ2v) is 9.25. The summed E-state index contributed by atoms with van der Waals surface area (Å²) in [6, 6.07) is 1.43. The molecule has 1 unspecified atom stereocenters. The van der Waals surface area contributed by atoms with Gasteiger partial charge in [0.1, 0.15) is 6.04 Å². The molecule has 28 heavy (non-hydrogen) atoms. The number of amides is 1. The van der Waals surface area contributed by atoms with Crippen molar-refractivity contribution in [3.8, 4) is 0 Å². The lowest BCUT2D eigenvalue weighted by atomic mass is 10.1. The molecule has 2 rings (SSSR count). The Morgan fingerprint density at radius 2 is 1.89 bits per heavy atom. The van der Waals surface area contributed by atoms with Crippen LogP contribution in [-0.2, 0) is 21.0 Å². The summed E-state index contributed by atoms with van der Waals surface area (Å²) in [6.07, 6.45) is -2.48. The number of rotatable bonds is 5. The van der Waals surface area contributed by atoms with Gasteiger partial charge in [-0.1, -0.05) is 11.6 Å². The minimum Gasteiger partial charge on any atom is -0.351 e. The molecular weight excluding hydrogens is 419 g/mol. The van der Waals surface area contributed by atoms with Crippen LogP contribution in [0.15, 0.2) is 18.2 Å². The van der Waals surface area contributed by atoms with E-state index < -0.39 is 38.7 Å². The number of carbonyl (C=O) groups is 1. The average Bonchev–Trinajstić information content (AvgIpc) is 2.56. The molecule has 0 aromatic heterocycles. The van der Waals surface area contributed by atoms with Gasteiger partial charge in [-0.3, -0.25) is 9.10 Å². The van der Waals surface area contributed by atoms with Crippen molar-refractivity contribution >= 4 is 33.2 Å². The Hall–Kier alpha value is -1.52. The number of hydrogen-bond donors (Lipinski definition) is 1. The van der Waals surface area contributed by atoms with Crippen molar-refractivity contribution in [1.82, 2.24) is 10.2 Å². The molecule has 158 valence electrons. The lowest BCUT2D eigenvalue weighted by molar-refractivity contribution is -0.137. The van der Waals surface area contributed by atoms with Gasteiger partial charge in [-0.2, -0.15) is 13.2 Å². The maximum absolute atomic E-state index is 13.2. The van der Waals surface area contributed by atoms with Crippen molar-refractivity contribution in [3.05, 3.63) is 28.8 Å². The molecule has 11 heteroatoms. The number of benzene rings is 1. The van der Waals surface area contributed by atoms with Crippen LogP contribution in [0, 0.1) is 0 Å². The van der Waals surface area contributed by atoms with Gasteiger partial charge in [0.25, 0.3) is 0 Å².